The van der Waals surface area contributed by atoms with Crippen LogP contribution in [0.15, 0.2) is 24.5 Å². The van der Waals surface area contributed by atoms with Crippen molar-refractivity contribution in [2.45, 2.75) is 70.3 Å². The van der Waals surface area contributed by atoms with E-state index in [1.165, 1.54) is 41.5 Å². The van der Waals surface area contributed by atoms with E-state index in [1.807, 2.05) is 29.7 Å². The number of nitrogens with zero attached hydrogens (tertiary/aromatic N) is 4. The van der Waals surface area contributed by atoms with E-state index in [2.05, 4.69) is 15.2 Å². The zero-order chi connectivity index (χ0) is 22.2. The second-order valence-corrected chi connectivity index (χ2v) is 10.9. The summed E-state index contributed by atoms with van der Waals surface area (Å²) in [4.78, 5) is 32.4. The van der Waals surface area contributed by atoms with Crippen molar-refractivity contribution in [1.29, 1.82) is 0 Å². The number of anilines is 1. The molecule has 33 heavy (non-hydrogen) atoms. The molecule has 3 aromatic rings. The summed E-state index contributed by atoms with van der Waals surface area (Å²) >= 11 is 1.83. The molecule has 2 fully saturated rings. The van der Waals surface area contributed by atoms with Gasteiger partial charge in [-0.3, -0.25) is 9.78 Å². The van der Waals surface area contributed by atoms with Gasteiger partial charge in [0.1, 0.15) is 10.6 Å². The number of aromatic nitrogens is 3. The molecule has 1 saturated carbocycles. The Morgan fingerprint density at radius 1 is 1.06 bits per heavy atom. The number of rotatable bonds is 4. The van der Waals surface area contributed by atoms with E-state index >= 15 is 0 Å². The van der Waals surface area contributed by atoms with E-state index in [9.17, 15) is 4.79 Å². The number of carbonyl (C=O) groups is 1. The molecule has 7 heteroatoms. The lowest BCUT2D eigenvalue weighted by Gasteiger charge is -2.34. The number of piperidine rings is 1. The van der Waals surface area contributed by atoms with Crippen LogP contribution in [-0.2, 0) is 17.6 Å². The minimum Gasteiger partial charge on any atom is -0.355 e. The van der Waals surface area contributed by atoms with Gasteiger partial charge in [0, 0.05) is 42.0 Å². The Morgan fingerprint density at radius 2 is 1.97 bits per heavy atom. The van der Waals surface area contributed by atoms with Crippen molar-refractivity contribution < 1.29 is 4.79 Å². The van der Waals surface area contributed by atoms with Crippen molar-refractivity contribution in [3.8, 4) is 11.4 Å². The van der Waals surface area contributed by atoms with Gasteiger partial charge in [0.05, 0.1) is 11.3 Å². The van der Waals surface area contributed by atoms with Gasteiger partial charge < -0.3 is 10.2 Å². The predicted octanol–water partition coefficient (Wildman–Crippen LogP) is 4.91. The Kier molecular flexibility index (Phi) is 5.74. The fourth-order valence-corrected chi connectivity index (χ4v) is 7.03. The van der Waals surface area contributed by atoms with Gasteiger partial charge in [0.2, 0.25) is 5.91 Å². The third kappa shape index (κ3) is 4.12. The maximum Gasteiger partial charge on any atom is 0.225 e. The molecule has 1 N–H and O–H groups in total. The first-order valence-corrected chi connectivity index (χ1v) is 13.4. The van der Waals surface area contributed by atoms with Crippen molar-refractivity contribution in [3.05, 3.63) is 35.0 Å². The molecule has 1 amide bonds. The van der Waals surface area contributed by atoms with Crippen LogP contribution in [0.3, 0.4) is 0 Å². The van der Waals surface area contributed by atoms with Crippen molar-refractivity contribution in [2.75, 3.05) is 18.0 Å². The largest absolute Gasteiger partial charge is 0.355 e. The van der Waals surface area contributed by atoms with Gasteiger partial charge in [0.25, 0.3) is 0 Å². The lowest BCUT2D eigenvalue weighted by Crippen LogP contribution is -2.46. The summed E-state index contributed by atoms with van der Waals surface area (Å²) in [6.45, 7) is 1.68. The van der Waals surface area contributed by atoms with Gasteiger partial charge in [-0.15, -0.1) is 11.3 Å². The average molecular weight is 462 g/mol. The number of pyridine rings is 1. The van der Waals surface area contributed by atoms with Gasteiger partial charge in [-0.2, -0.15) is 0 Å². The highest BCUT2D eigenvalue weighted by Gasteiger charge is 2.31. The lowest BCUT2D eigenvalue weighted by molar-refractivity contribution is -0.126. The molecule has 3 aromatic heterocycles. The lowest BCUT2D eigenvalue weighted by atomic mass is 9.93. The van der Waals surface area contributed by atoms with Crippen LogP contribution in [-0.4, -0.2) is 40.0 Å². The van der Waals surface area contributed by atoms with Gasteiger partial charge in [-0.1, -0.05) is 19.3 Å². The Balaban J connectivity index is 1.33. The highest BCUT2D eigenvalue weighted by Crippen LogP contribution is 2.42. The number of hydrogen-bond donors (Lipinski definition) is 1. The monoisotopic (exact) mass is 461 g/mol. The molecular weight excluding hydrogens is 430 g/mol. The standard InChI is InChI=1S/C26H31N5OS/c32-25(28-19-9-2-1-3-10-19)18-8-6-14-31(16-18)24-22-20-11-4-12-21(20)33-26(22)30-23(29-24)17-7-5-13-27-15-17/h5,7,13,15,18-19H,1-4,6,8-12,14,16H2,(H,28,32). The van der Waals surface area contributed by atoms with E-state index in [4.69, 9.17) is 9.97 Å². The summed E-state index contributed by atoms with van der Waals surface area (Å²) in [7, 11) is 0. The van der Waals surface area contributed by atoms with E-state index in [-0.39, 0.29) is 11.8 Å². The average Bonchev–Trinajstić information content (AvgIpc) is 3.46. The molecule has 1 saturated heterocycles. The molecule has 0 spiro atoms. The zero-order valence-corrected chi connectivity index (χ0v) is 19.9. The summed E-state index contributed by atoms with van der Waals surface area (Å²) in [6, 6.07) is 4.32. The van der Waals surface area contributed by atoms with Crippen LogP contribution in [0.5, 0.6) is 0 Å². The first-order valence-electron chi connectivity index (χ1n) is 12.5. The first-order chi connectivity index (χ1) is 16.3. The Bertz CT molecular complexity index is 1150. The van der Waals surface area contributed by atoms with Crippen LogP contribution < -0.4 is 10.2 Å². The van der Waals surface area contributed by atoms with Crippen LogP contribution in [0.2, 0.25) is 0 Å². The van der Waals surface area contributed by atoms with E-state index in [0.717, 1.165) is 73.7 Å². The normalized spacial score (nSPS) is 21.3. The first kappa shape index (κ1) is 21.0. The Hall–Kier alpha value is -2.54. The van der Waals surface area contributed by atoms with E-state index in [0.29, 0.717) is 6.04 Å². The number of amides is 1. The SMILES string of the molecule is O=C(NC1CCCCC1)C1CCCN(c2nc(-c3cccnc3)nc3sc4c(c23)CCC4)C1. The fourth-order valence-electron chi connectivity index (χ4n) is 5.78. The summed E-state index contributed by atoms with van der Waals surface area (Å²) in [5.74, 6) is 2.02. The van der Waals surface area contributed by atoms with Crippen molar-refractivity contribution in [3.63, 3.8) is 0 Å². The summed E-state index contributed by atoms with van der Waals surface area (Å²) in [6.07, 6.45) is 15.1. The number of nitrogens with one attached hydrogen (secondary N) is 1. The van der Waals surface area contributed by atoms with Crippen LogP contribution in [0.4, 0.5) is 5.82 Å². The molecule has 0 radical (unpaired) electrons. The molecule has 1 atom stereocenters. The molecule has 2 aliphatic carbocycles. The molecule has 0 bridgehead atoms. The quantitative estimate of drug-likeness (QED) is 0.598. The highest BCUT2D eigenvalue weighted by atomic mass is 32.1. The van der Waals surface area contributed by atoms with E-state index in [1.54, 1.807) is 6.20 Å². The molecule has 3 aliphatic rings. The summed E-state index contributed by atoms with van der Waals surface area (Å²) in [5, 5.41) is 4.60. The fraction of sp³-hybridized carbons (Fsp3) is 0.538. The maximum atomic E-state index is 13.2. The number of aryl methyl sites for hydroxylation is 2. The highest BCUT2D eigenvalue weighted by molar-refractivity contribution is 7.19. The number of hydrogen-bond acceptors (Lipinski definition) is 6. The van der Waals surface area contributed by atoms with Crippen LogP contribution in [0.1, 0.15) is 61.8 Å². The van der Waals surface area contributed by atoms with E-state index < -0.39 is 0 Å². The number of carbonyl (C=O) groups excluding carboxylic acids is 1. The minimum atomic E-state index is 0.0271. The van der Waals surface area contributed by atoms with Gasteiger partial charge >= 0.3 is 0 Å². The summed E-state index contributed by atoms with van der Waals surface area (Å²) < 4.78 is 0. The smallest absolute Gasteiger partial charge is 0.225 e. The third-order valence-corrected chi connectivity index (χ3v) is 8.69. The van der Waals surface area contributed by atoms with Crippen molar-refractivity contribution >= 4 is 33.3 Å². The maximum absolute atomic E-state index is 13.2. The molecule has 172 valence electrons. The zero-order valence-electron chi connectivity index (χ0n) is 19.1. The van der Waals surface area contributed by atoms with Crippen molar-refractivity contribution in [2.24, 2.45) is 5.92 Å². The van der Waals surface area contributed by atoms with Crippen molar-refractivity contribution in [1.82, 2.24) is 20.3 Å². The molecule has 4 heterocycles. The second-order valence-electron chi connectivity index (χ2n) is 9.78. The second kappa shape index (κ2) is 9.01. The van der Waals surface area contributed by atoms with Crippen LogP contribution in [0, 0.1) is 5.92 Å². The molecule has 1 aliphatic heterocycles. The van der Waals surface area contributed by atoms with Crippen LogP contribution >= 0.6 is 11.3 Å². The minimum absolute atomic E-state index is 0.0271. The Morgan fingerprint density at radius 3 is 2.82 bits per heavy atom. The molecule has 6 nitrogen and oxygen atoms in total. The third-order valence-electron chi connectivity index (χ3n) is 7.51. The Labute approximate surface area is 198 Å². The van der Waals surface area contributed by atoms with Gasteiger partial charge in [-0.05, 0) is 62.6 Å². The predicted molar refractivity (Wildman–Crippen MR) is 133 cm³/mol. The number of fused-ring (bicyclic) bond motifs is 3. The summed E-state index contributed by atoms with van der Waals surface area (Å²) in [5.41, 5.74) is 2.38. The molecule has 0 aromatic carbocycles. The molecule has 1 unspecified atom stereocenters. The van der Waals surface area contributed by atoms with Gasteiger partial charge in [0.15, 0.2) is 5.82 Å². The molecular formula is C26H31N5OS. The topological polar surface area (TPSA) is 71.0 Å². The van der Waals surface area contributed by atoms with Crippen LogP contribution in [0.25, 0.3) is 21.6 Å². The molecule has 6 rings (SSSR count). The van der Waals surface area contributed by atoms with Gasteiger partial charge in [-0.25, -0.2) is 9.97 Å². The number of thiophene rings is 1.